The van der Waals surface area contributed by atoms with Crippen LogP contribution in [0.4, 0.5) is 0 Å². The minimum absolute atomic E-state index is 0.0767. The first-order valence-electron chi connectivity index (χ1n) is 8.40. The average Bonchev–Trinajstić information content (AvgIpc) is 2.54. The highest BCUT2D eigenvalue weighted by Crippen LogP contribution is 2.16. The molecule has 2 rings (SSSR count). The molecule has 0 atom stereocenters. The zero-order chi connectivity index (χ0) is 18.4. The highest BCUT2D eigenvalue weighted by molar-refractivity contribution is 7.99. The van der Waals surface area contributed by atoms with E-state index in [0.29, 0.717) is 5.75 Å². The van der Waals surface area contributed by atoms with Crippen molar-refractivity contribution in [1.82, 2.24) is 5.43 Å². The largest absolute Gasteiger partial charge is 0.272 e. The smallest absolute Gasteiger partial charge is 0.250 e. The Balaban J connectivity index is 1.82. The maximum atomic E-state index is 11.9. The van der Waals surface area contributed by atoms with Crippen molar-refractivity contribution in [3.8, 4) is 0 Å². The van der Waals surface area contributed by atoms with Gasteiger partial charge in [0.15, 0.2) is 0 Å². The maximum absolute atomic E-state index is 11.9. The quantitative estimate of drug-likeness (QED) is 0.608. The highest BCUT2D eigenvalue weighted by Gasteiger charge is 2.03. The van der Waals surface area contributed by atoms with E-state index in [1.807, 2.05) is 6.07 Å². The van der Waals surface area contributed by atoms with Crippen LogP contribution in [0.15, 0.2) is 35.4 Å². The van der Waals surface area contributed by atoms with Gasteiger partial charge < -0.3 is 0 Å². The lowest BCUT2D eigenvalue weighted by atomic mass is 10.00. The van der Waals surface area contributed by atoms with Gasteiger partial charge in [-0.25, -0.2) is 5.43 Å². The lowest BCUT2D eigenvalue weighted by Crippen LogP contribution is -2.19. The van der Waals surface area contributed by atoms with E-state index in [1.165, 1.54) is 33.4 Å². The summed E-state index contributed by atoms with van der Waals surface area (Å²) in [5, 5.41) is 4.09. The van der Waals surface area contributed by atoms with Crippen LogP contribution in [0, 0.1) is 34.6 Å². The summed E-state index contributed by atoms with van der Waals surface area (Å²) in [5.74, 6) is 1.15. The fourth-order valence-corrected chi connectivity index (χ4v) is 3.49. The molecule has 0 saturated carbocycles. The van der Waals surface area contributed by atoms with Crippen LogP contribution in [0.1, 0.15) is 38.9 Å². The molecule has 0 aliphatic heterocycles. The number of benzene rings is 2. The summed E-state index contributed by atoms with van der Waals surface area (Å²) in [7, 11) is 0. The van der Waals surface area contributed by atoms with Gasteiger partial charge in [-0.15, -0.1) is 11.8 Å². The Bertz CT molecular complexity index is 776. The van der Waals surface area contributed by atoms with Gasteiger partial charge in [-0.1, -0.05) is 41.5 Å². The lowest BCUT2D eigenvalue weighted by Gasteiger charge is -2.07. The second-order valence-corrected chi connectivity index (χ2v) is 7.49. The summed E-state index contributed by atoms with van der Waals surface area (Å²) < 4.78 is 0. The van der Waals surface area contributed by atoms with Crippen LogP contribution in [0.3, 0.4) is 0 Å². The number of hydrogen-bond donors (Lipinski definition) is 1. The Morgan fingerprint density at radius 3 is 2.40 bits per heavy atom. The van der Waals surface area contributed by atoms with Gasteiger partial charge in [-0.3, -0.25) is 4.79 Å². The van der Waals surface area contributed by atoms with Crippen molar-refractivity contribution < 1.29 is 4.79 Å². The number of thioether (sulfide) groups is 1. The first-order valence-corrected chi connectivity index (χ1v) is 9.56. The molecule has 1 amide bonds. The molecule has 0 spiro atoms. The van der Waals surface area contributed by atoms with Crippen molar-refractivity contribution in [2.24, 2.45) is 5.10 Å². The van der Waals surface area contributed by atoms with Crippen LogP contribution in [0.2, 0.25) is 0 Å². The number of nitrogens with one attached hydrogen (secondary N) is 1. The standard InChI is InChI=1S/C21H26N2OS/c1-14-8-15(2)10-19(9-14)12-25-13-21(24)23-22-11-20-7-6-16(3)17(4)18(20)5/h6-11H,12-13H2,1-5H3,(H,23,24)/b22-11-. The van der Waals surface area contributed by atoms with Crippen molar-refractivity contribution in [3.05, 3.63) is 69.3 Å². The second kappa shape index (κ2) is 8.86. The number of nitrogens with zero attached hydrogens (tertiary/aromatic N) is 1. The van der Waals surface area contributed by atoms with Gasteiger partial charge in [-0.2, -0.15) is 5.10 Å². The van der Waals surface area contributed by atoms with Gasteiger partial charge >= 0.3 is 0 Å². The molecule has 0 aliphatic carbocycles. The number of amides is 1. The number of aryl methyl sites for hydroxylation is 3. The molecule has 25 heavy (non-hydrogen) atoms. The molecule has 0 heterocycles. The molecular weight excluding hydrogens is 328 g/mol. The molecule has 0 unspecified atom stereocenters. The van der Waals surface area contributed by atoms with E-state index in [2.05, 4.69) is 69.4 Å². The molecule has 0 aliphatic rings. The van der Waals surface area contributed by atoms with E-state index in [0.717, 1.165) is 11.3 Å². The minimum atomic E-state index is -0.0767. The van der Waals surface area contributed by atoms with E-state index < -0.39 is 0 Å². The fourth-order valence-electron chi connectivity index (χ4n) is 2.74. The Kier molecular flexibility index (Phi) is 6.82. The predicted molar refractivity (Wildman–Crippen MR) is 108 cm³/mol. The number of carbonyl (C=O) groups is 1. The minimum Gasteiger partial charge on any atom is -0.272 e. The summed E-state index contributed by atoms with van der Waals surface area (Å²) in [6.07, 6.45) is 1.72. The molecule has 4 heteroatoms. The average molecular weight is 355 g/mol. The summed E-state index contributed by atoms with van der Waals surface area (Å²) in [5.41, 5.74) is 11.1. The number of carbonyl (C=O) groups excluding carboxylic acids is 1. The molecule has 3 nitrogen and oxygen atoms in total. The van der Waals surface area contributed by atoms with Crippen LogP contribution < -0.4 is 5.43 Å². The first kappa shape index (κ1) is 19.3. The van der Waals surface area contributed by atoms with Crippen LogP contribution in [-0.4, -0.2) is 17.9 Å². The molecule has 2 aromatic carbocycles. The molecule has 0 fully saturated rings. The van der Waals surface area contributed by atoms with Gasteiger partial charge in [-0.05, 0) is 62.4 Å². The van der Waals surface area contributed by atoms with Crippen molar-refractivity contribution in [1.29, 1.82) is 0 Å². The monoisotopic (exact) mass is 354 g/mol. The second-order valence-electron chi connectivity index (χ2n) is 6.50. The normalized spacial score (nSPS) is 11.1. The zero-order valence-electron chi connectivity index (χ0n) is 15.6. The van der Waals surface area contributed by atoms with Crippen molar-refractivity contribution >= 4 is 23.9 Å². The maximum Gasteiger partial charge on any atom is 0.250 e. The van der Waals surface area contributed by atoms with E-state index in [9.17, 15) is 4.79 Å². The van der Waals surface area contributed by atoms with Crippen molar-refractivity contribution in [2.45, 2.75) is 40.4 Å². The van der Waals surface area contributed by atoms with Crippen molar-refractivity contribution in [3.63, 3.8) is 0 Å². The molecule has 1 N–H and O–H groups in total. The van der Waals surface area contributed by atoms with Gasteiger partial charge in [0.2, 0.25) is 5.91 Å². The number of hydrogen-bond acceptors (Lipinski definition) is 3. The number of hydrazone groups is 1. The summed E-state index contributed by atoms with van der Waals surface area (Å²) in [6.45, 7) is 10.5. The predicted octanol–water partition coefficient (Wildman–Crippen LogP) is 4.61. The molecular formula is C21H26N2OS. The molecule has 0 radical (unpaired) electrons. The Morgan fingerprint density at radius 1 is 1.04 bits per heavy atom. The summed E-state index contributed by atoms with van der Waals surface area (Å²) in [6, 6.07) is 10.6. The summed E-state index contributed by atoms with van der Waals surface area (Å²) >= 11 is 1.60. The third-order valence-electron chi connectivity index (χ3n) is 4.28. The van der Waals surface area contributed by atoms with E-state index >= 15 is 0 Å². The molecule has 132 valence electrons. The molecule has 2 aromatic rings. The van der Waals surface area contributed by atoms with Gasteiger partial charge in [0.25, 0.3) is 0 Å². The third-order valence-corrected chi connectivity index (χ3v) is 5.28. The van der Waals surface area contributed by atoms with Crippen LogP contribution in [-0.2, 0) is 10.5 Å². The van der Waals surface area contributed by atoms with E-state index in [-0.39, 0.29) is 5.91 Å². The fraction of sp³-hybridized carbons (Fsp3) is 0.333. The topological polar surface area (TPSA) is 41.5 Å². The van der Waals surface area contributed by atoms with Crippen LogP contribution in [0.5, 0.6) is 0 Å². The van der Waals surface area contributed by atoms with Gasteiger partial charge in [0, 0.05) is 5.75 Å². The van der Waals surface area contributed by atoms with Gasteiger partial charge in [0.1, 0.15) is 0 Å². The van der Waals surface area contributed by atoms with Gasteiger partial charge in [0.05, 0.1) is 12.0 Å². The zero-order valence-corrected chi connectivity index (χ0v) is 16.5. The lowest BCUT2D eigenvalue weighted by molar-refractivity contribution is -0.118. The number of rotatable bonds is 6. The Morgan fingerprint density at radius 2 is 1.72 bits per heavy atom. The van der Waals surface area contributed by atoms with Crippen LogP contribution in [0.25, 0.3) is 0 Å². The van der Waals surface area contributed by atoms with E-state index in [4.69, 9.17) is 0 Å². The molecule has 0 aromatic heterocycles. The summed E-state index contributed by atoms with van der Waals surface area (Å²) in [4.78, 5) is 11.9. The Hall–Kier alpha value is -2.07. The molecule has 0 bridgehead atoms. The highest BCUT2D eigenvalue weighted by atomic mass is 32.2. The SMILES string of the molecule is Cc1cc(C)cc(CSCC(=O)N/N=C\c2ccc(C)c(C)c2C)c1. The first-order chi connectivity index (χ1) is 11.9. The third kappa shape index (κ3) is 5.75. The van der Waals surface area contributed by atoms with Crippen LogP contribution >= 0.6 is 11.8 Å². The van der Waals surface area contributed by atoms with E-state index in [1.54, 1.807) is 18.0 Å². The Labute approximate surface area is 154 Å². The molecule has 0 saturated heterocycles. The van der Waals surface area contributed by atoms with Crippen molar-refractivity contribution in [2.75, 3.05) is 5.75 Å².